The second-order valence-corrected chi connectivity index (χ2v) is 12.6. The maximum absolute atomic E-state index is 14.1. The molecule has 2 aliphatic heterocycles. The number of hydrogen-bond acceptors (Lipinski definition) is 7. The largest absolute Gasteiger partial charge is 0.473 e. The van der Waals surface area contributed by atoms with E-state index in [4.69, 9.17) is 4.74 Å². The SMILES string of the molecule is CN(C)C(=O)c1ccc2c(c1)O[C@@]1(C[C@@H](C#N)N(C(=O)C(CC3CC3)N(C)C(=O)C(CC3CC3)NC(=O)C(F)(F)F)C1)C(=O)N2. The van der Waals surface area contributed by atoms with E-state index in [1.807, 2.05) is 11.4 Å². The molecule has 12 nitrogen and oxygen atoms in total. The van der Waals surface area contributed by atoms with Gasteiger partial charge in [0.05, 0.1) is 18.3 Å². The molecule has 2 N–H and O–H groups in total. The van der Waals surface area contributed by atoms with Gasteiger partial charge in [-0.25, -0.2) is 0 Å². The zero-order valence-electron chi connectivity index (χ0n) is 25.1. The summed E-state index contributed by atoms with van der Waals surface area (Å²) in [7, 11) is 4.48. The molecule has 1 aromatic rings. The van der Waals surface area contributed by atoms with Crippen molar-refractivity contribution < 1.29 is 41.9 Å². The number of fused-ring (bicyclic) bond motifs is 1. The van der Waals surface area contributed by atoms with Crippen molar-refractivity contribution in [3.63, 3.8) is 0 Å². The highest BCUT2D eigenvalue weighted by atomic mass is 19.4. The molecule has 0 aromatic heterocycles. The minimum absolute atomic E-state index is 0.00864. The van der Waals surface area contributed by atoms with Gasteiger partial charge in [0.1, 0.15) is 23.9 Å². The second kappa shape index (κ2) is 11.9. The van der Waals surface area contributed by atoms with Crippen LogP contribution in [-0.4, -0.2) is 102 Å². The number of nitrogens with one attached hydrogen (secondary N) is 2. The first-order valence-corrected chi connectivity index (χ1v) is 14.8. The first-order chi connectivity index (χ1) is 21.1. The molecule has 1 spiro atoms. The van der Waals surface area contributed by atoms with Gasteiger partial charge in [0.2, 0.25) is 17.4 Å². The summed E-state index contributed by atoms with van der Waals surface area (Å²) in [6.07, 6.45) is -2.13. The molecule has 45 heavy (non-hydrogen) atoms. The second-order valence-electron chi connectivity index (χ2n) is 12.6. The van der Waals surface area contributed by atoms with Crippen LogP contribution in [0.1, 0.15) is 55.3 Å². The van der Waals surface area contributed by atoms with Crippen molar-refractivity contribution in [2.75, 3.05) is 33.0 Å². The number of anilines is 1. The standard InChI is InChI=1S/C30H35F3N6O6/c1-37(2)24(40)18-8-9-20-23(12-18)45-29(27(43)35-20)13-19(14-34)39(15-29)26(42)22(11-17-6-7-17)38(3)25(41)21(10-16-4-5-16)36-28(44)30(31,32)33/h8-9,12,16-17,19,21-22H,4-7,10-11,13,15H2,1-3H3,(H,35,43)(H,36,44)/t19-,21?,22?,29+/m0/s1. The van der Waals surface area contributed by atoms with Gasteiger partial charge in [0, 0.05) is 33.1 Å². The van der Waals surface area contributed by atoms with Crippen LogP contribution in [-0.2, 0) is 19.2 Å². The van der Waals surface area contributed by atoms with Gasteiger partial charge in [-0.1, -0.05) is 25.7 Å². The third kappa shape index (κ3) is 6.69. The molecular formula is C30H35F3N6O6. The molecule has 3 fully saturated rings. The Morgan fingerprint density at radius 1 is 1.13 bits per heavy atom. The summed E-state index contributed by atoms with van der Waals surface area (Å²) in [5.74, 6) is -4.33. The molecular weight excluding hydrogens is 597 g/mol. The molecule has 242 valence electrons. The van der Waals surface area contributed by atoms with E-state index in [-0.39, 0.29) is 49.3 Å². The van der Waals surface area contributed by atoms with Gasteiger partial charge in [-0.15, -0.1) is 0 Å². The lowest BCUT2D eigenvalue weighted by Gasteiger charge is -2.36. The molecule has 5 rings (SSSR count). The highest BCUT2D eigenvalue weighted by molar-refractivity contribution is 6.03. The van der Waals surface area contributed by atoms with Crippen LogP contribution in [0.5, 0.6) is 5.75 Å². The third-order valence-electron chi connectivity index (χ3n) is 8.84. The molecule has 4 aliphatic rings. The predicted octanol–water partition coefficient (Wildman–Crippen LogP) is 2.06. The Hall–Kier alpha value is -4.35. The van der Waals surface area contributed by atoms with E-state index in [0.29, 0.717) is 11.3 Å². The summed E-state index contributed by atoms with van der Waals surface area (Å²) in [5, 5.41) is 14.6. The number of amides is 5. The quantitative estimate of drug-likeness (QED) is 0.423. The summed E-state index contributed by atoms with van der Waals surface area (Å²) < 4.78 is 45.4. The monoisotopic (exact) mass is 632 g/mol. The van der Waals surface area contributed by atoms with E-state index in [1.165, 1.54) is 35.0 Å². The smallest absolute Gasteiger partial charge is 0.471 e. The van der Waals surface area contributed by atoms with Gasteiger partial charge in [-0.3, -0.25) is 24.0 Å². The van der Waals surface area contributed by atoms with Crippen LogP contribution in [0.2, 0.25) is 0 Å². The number of likely N-dealkylation sites (N-methyl/N-ethyl adjacent to an activating group) is 1. The summed E-state index contributed by atoms with van der Waals surface area (Å²) in [4.78, 5) is 69.0. The highest BCUT2D eigenvalue weighted by Gasteiger charge is 2.57. The average Bonchev–Trinajstić information content (AvgIpc) is 3.93. The van der Waals surface area contributed by atoms with E-state index < -0.39 is 53.5 Å². The zero-order chi connectivity index (χ0) is 32.8. The van der Waals surface area contributed by atoms with Crippen LogP contribution in [0.4, 0.5) is 18.9 Å². The fourth-order valence-corrected chi connectivity index (χ4v) is 5.89. The number of carbonyl (C=O) groups excluding carboxylic acids is 5. The number of nitrogens with zero attached hydrogens (tertiary/aromatic N) is 4. The molecule has 2 heterocycles. The van der Waals surface area contributed by atoms with Crippen LogP contribution < -0.4 is 15.4 Å². The Morgan fingerprint density at radius 3 is 2.36 bits per heavy atom. The number of hydrogen-bond donors (Lipinski definition) is 2. The van der Waals surface area contributed by atoms with Gasteiger partial charge in [0.15, 0.2) is 0 Å². The van der Waals surface area contributed by atoms with Crippen LogP contribution in [0.15, 0.2) is 18.2 Å². The molecule has 0 radical (unpaired) electrons. The zero-order valence-corrected chi connectivity index (χ0v) is 25.1. The summed E-state index contributed by atoms with van der Waals surface area (Å²) >= 11 is 0. The van der Waals surface area contributed by atoms with Gasteiger partial charge in [-0.2, -0.15) is 18.4 Å². The number of ether oxygens (including phenoxy) is 1. The molecule has 1 aromatic carbocycles. The first kappa shape index (κ1) is 32.1. The molecule has 2 aliphatic carbocycles. The lowest BCUT2D eigenvalue weighted by atomic mass is 9.96. The average molecular weight is 633 g/mol. The van der Waals surface area contributed by atoms with Crippen molar-refractivity contribution in [2.45, 2.75) is 74.8 Å². The number of likely N-dealkylation sites (tertiary alicyclic amines) is 1. The summed E-state index contributed by atoms with van der Waals surface area (Å²) in [6.45, 7) is -0.333. The number of carbonyl (C=O) groups is 5. The maximum atomic E-state index is 14.1. The van der Waals surface area contributed by atoms with Crippen molar-refractivity contribution in [2.24, 2.45) is 11.8 Å². The van der Waals surface area contributed by atoms with Crippen molar-refractivity contribution in [3.05, 3.63) is 23.8 Å². The van der Waals surface area contributed by atoms with E-state index in [1.54, 1.807) is 14.1 Å². The van der Waals surface area contributed by atoms with Gasteiger partial charge in [0.25, 0.3) is 11.8 Å². The molecule has 5 amide bonds. The van der Waals surface area contributed by atoms with Crippen molar-refractivity contribution >= 4 is 35.2 Å². The normalized spacial score (nSPS) is 23.6. The molecule has 1 saturated heterocycles. The van der Waals surface area contributed by atoms with E-state index in [2.05, 4.69) is 5.32 Å². The third-order valence-corrected chi connectivity index (χ3v) is 8.84. The fourth-order valence-electron chi connectivity index (χ4n) is 5.89. The van der Waals surface area contributed by atoms with E-state index in [9.17, 15) is 42.4 Å². The predicted molar refractivity (Wildman–Crippen MR) is 151 cm³/mol. The van der Waals surface area contributed by atoms with Gasteiger partial charge < -0.3 is 30.1 Å². The van der Waals surface area contributed by atoms with Crippen LogP contribution in [0.25, 0.3) is 0 Å². The molecule has 2 saturated carbocycles. The maximum Gasteiger partial charge on any atom is 0.471 e. The lowest BCUT2D eigenvalue weighted by molar-refractivity contribution is -0.175. The molecule has 15 heteroatoms. The molecule has 2 unspecified atom stereocenters. The number of halogens is 3. The van der Waals surface area contributed by atoms with Gasteiger partial charge >= 0.3 is 12.1 Å². The fraction of sp³-hybridized carbons (Fsp3) is 0.600. The number of nitriles is 1. The topological polar surface area (TPSA) is 152 Å². The van der Waals surface area contributed by atoms with E-state index in [0.717, 1.165) is 30.6 Å². The summed E-state index contributed by atoms with van der Waals surface area (Å²) in [5.41, 5.74) is -1.04. The Morgan fingerprint density at radius 2 is 1.78 bits per heavy atom. The Kier molecular flexibility index (Phi) is 8.45. The highest BCUT2D eigenvalue weighted by Crippen LogP contribution is 2.42. The first-order valence-electron chi connectivity index (χ1n) is 14.8. The Balaban J connectivity index is 1.39. The lowest BCUT2D eigenvalue weighted by Crippen LogP contribution is -2.58. The number of alkyl halides is 3. The van der Waals surface area contributed by atoms with E-state index >= 15 is 0 Å². The molecule has 0 bridgehead atoms. The summed E-state index contributed by atoms with van der Waals surface area (Å²) in [6, 6.07) is 2.84. The van der Waals surface area contributed by atoms with Crippen LogP contribution >= 0.6 is 0 Å². The Bertz CT molecular complexity index is 1450. The molecule has 4 atom stereocenters. The van der Waals surface area contributed by atoms with Crippen molar-refractivity contribution in [3.8, 4) is 11.8 Å². The van der Waals surface area contributed by atoms with Crippen LogP contribution in [0.3, 0.4) is 0 Å². The number of rotatable bonds is 9. The minimum atomic E-state index is -5.19. The minimum Gasteiger partial charge on any atom is -0.473 e. The number of benzene rings is 1. The van der Waals surface area contributed by atoms with Crippen molar-refractivity contribution in [1.82, 2.24) is 20.0 Å². The van der Waals surface area contributed by atoms with Gasteiger partial charge in [-0.05, 0) is 42.9 Å². The Labute approximate surface area is 257 Å². The van der Waals surface area contributed by atoms with Crippen molar-refractivity contribution in [1.29, 1.82) is 5.26 Å². The van der Waals surface area contributed by atoms with Crippen LogP contribution in [0, 0.1) is 23.2 Å².